The molecule has 2 aliphatic rings. The van der Waals surface area contributed by atoms with Crippen LogP contribution in [-0.2, 0) is 14.3 Å². The molecule has 7 heteroatoms. The molecule has 0 aliphatic carbocycles. The number of amides is 1. The van der Waals surface area contributed by atoms with Crippen LogP contribution in [0.5, 0.6) is 0 Å². The maximum Gasteiger partial charge on any atom is 0.320 e. The van der Waals surface area contributed by atoms with Gasteiger partial charge in [0.1, 0.15) is 10.6 Å². The van der Waals surface area contributed by atoms with Gasteiger partial charge < -0.3 is 9.84 Å². The fourth-order valence-electron chi connectivity index (χ4n) is 2.41. The molecule has 2 aliphatic heterocycles. The number of carbonyl (C=O) groups excluding carboxylic acids is 1. The van der Waals surface area contributed by atoms with Crippen molar-refractivity contribution < 1.29 is 19.4 Å². The van der Waals surface area contributed by atoms with Crippen LogP contribution in [-0.4, -0.2) is 51.9 Å². The van der Waals surface area contributed by atoms with Crippen LogP contribution in [0.15, 0.2) is 12.3 Å². The lowest BCUT2D eigenvalue weighted by Crippen LogP contribution is -2.78. The Morgan fingerprint density at radius 3 is 2.95 bits per heavy atom. The maximum absolute atomic E-state index is 12.2. The Morgan fingerprint density at radius 1 is 1.60 bits per heavy atom. The summed E-state index contributed by atoms with van der Waals surface area (Å²) in [5, 5.41) is 11.3. The van der Waals surface area contributed by atoms with Crippen molar-refractivity contribution in [3.8, 4) is 0 Å². The van der Waals surface area contributed by atoms with Gasteiger partial charge >= 0.3 is 5.97 Å². The Kier molecular flexibility index (Phi) is 4.72. The zero-order valence-corrected chi connectivity index (χ0v) is 12.5. The molecule has 1 fully saturated rings. The third kappa shape index (κ3) is 2.45. The largest absolute Gasteiger partial charge is 0.480 e. The van der Waals surface area contributed by atoms with Crippen LogP contribution in [0.2, 0.25) is 0 Å². The molecule has 112 valence electrons. The molecule has 0 aromatic rings. The smallest absolute Gasteiger partial charge is 0.320 e. The van der Waals surface area contributed by atoms with Crippen LogP contribution >= 0.6 is 11.8 Å². The number of carboxylic acids is 1. The molecule has 0 aromatic carbocycles. The van der Waals surface area contributed by atoms with Gasteiger partial charge in [-0.25, -0.2) is 0 Å². The third-order valence-electron chi connectivity index (χ3n) is 3.58. The summed E-state index contributed by atoms with van der Waals surface area (Å²) in [6, 6.07) is 0. The molecule has 1 saturated heterocycles. The fourth-order valence-corrected chi connectivity index (χ4v) is 3.73. The second kappa shape index (κ2) is 6.15. The number of nitrogens with zero attached hydrogens (tertiary/aromatic N) is 1. The highest BCUT2D eigenvalue weighted by atomic mass is 32.2. The van der Waals surface area contributed by atoms with Gasteiger partial charge in [-0.3, -0.25) is 19.8 Å². The highest BCUT2D eigenvalue weighted by molar-refractivity contribution is 8.01. The minimum Gasteiger partial charge on any atom is -0.480 e. The first-order chi connectivity index (χ1) is 9.56. The molecule has 2 N–H and O–H groups in total. The van der Waals surface area contributed by atoms with Crippen molar-refractivity contribution in [3.05, 3.63) is 12.3 Å². The Labute approximate surface area is 122 Å². The van der Waals surface area contributed by atoms with Gasteiger partial charge in [-0.05, 0) is 19.0 Å². The molecule has 0 aromatic heterocycles. The first kappa shape index (κ1) is 15.3. The topological polar surface area (TPSA) is 78.9 Å². The number of carboxylic acid groups (broad SMARTS) is 1. The lowest BCUT2D eigenvalue weighted by Gasteiger charge is -2.54. The van der Waals surface area contributed by atoms with Crippen molar-refractivity contribution in [2.24, 2.45) is 0 Å². The van der Waals surface area contributed by atoms with Gasteiger partial charge in [0, 0.05) is 13.3 Å². The average molecular weight is 300 g/mol. The van der Waals surface area contributed by atoms with Crippen molar-refractivity contribution in [3.63, 3.8) is 0 Å². The van der Waals surface area contributed by atoms with E-state index in [4.69, 9.17) is 9.84 Å². The molecular formula is C13H20N2O4S. The van der Waals surface area contributed by atoms with Crippen LogP contribution in [0, 0.1) is 0 Å². The number of nitrogens with one attached hydrogen (secondary N) is 1. The molecule has 2 unspecified atom stereocenters. The van der Waals surface area contributed by atoms with E-state index >= 15 is 0 Å². The lowest BCUT2D eigenvalue weighted by atomic mass is 10.0. The standard InChI is InChI=1S/C13H20N2O4S/c1-3-4-5-7-14-13(19-2)11(18)15-8-6-9(10(16)17)20-12(13)15/h6,8-9,12,14H,3-5,7H2,1-2H3,(H,16,17)/t9?,12-,13?/m1/s1. The third-order valence-corrected chi connectivity index (χ3v) is 5.05. The summed E-state index contributed by atoms with van der Waals surface area (Å²) >= 11 is 1.22. The Hall–Kier alpha value is -1.05. The summed E-state index contributed by atoms with van der Waals surface area (Å²) in [5.74, 6) is -1.06. The van der Waals surface area contributed by atoms with Gasteiger partial charge in [0.15, 0.2) is 0 Å². The number of unbranched alkanes of at least 4 members (excludes halogenated alkanes) is 2. The monoisotopic (exact) mass is 300 g/mol. The number of ether oxygens (including phenoxy) is 1. The summed E-state index contributed by atoms with van der Waals surface area (Å²) in [5.41, 5.74) is -1.09. The van der Waals surface area contributed by atoms with Gasteiger partial charge in [-0.15, -0.1) is 11.8 Å². The molecule has 0 spiro atoms. The molecule has 2 rings (SSSR count). The normalized spacial score (nSPS) is 31.9. The number of carbonyl (C=O) groups is 2. The number of hydrogen-bond acceptors (Lipinski definition) is 5. The molecule has 0 radical (unpaired) electrons. The highest BCUT2D eigenvalue weighted by Crippen LogP contribution is 2.44. The van der Waals surface area contributed by atoms with E-state index in [-0.39, 0.29) is 11.3 Å². The van der Waals surface area contributed by atoms with Gasteiger partial charge in [0.2, 0.25) is 5.72 Å². The van der Waals surface area contributed by atoms with Crippen molar-refractivity contribution in [2.45, 2.75) is 42.5 Å². The van der Waals surface area contributed by atoms with E-state index in [1.165, 1.54) is 29.8 Å². The summed E-state index contributed by atoms with van der Waals surface area (Å²) in [4.78, 5) is 24.8. The highest BCUT2D eigenvalue weighted by Gasteiger charge is 2.63. The summed E-state index contributed by atoms with van der Waals surface area (Å²) < 4.78 is 5.41. The summed E-state index contributed by atoms with van der Waals surface area (Å²) in [6.07, 6.45) is 6.22. The summed E-state index contributed by atoms with van der Waals surface area (Å²) in [6.45, 7) is 2.79. The van der Waals surface area contributed by atoms with Crippen molar-refractivity contribution >= 4 is 23.6 Å². The van der Waals surface area contributed by atoms with Gasteiger partial charge in [-0.2, -0.15) is 0 Å². The molecule has 1 amide bonds. The molecule has 2 heterocycles. The van der Waals surface area contributed by atoms with E-state index < -0.39 is 16.9 Å². The van der Waals surface area contributed by atoms with Crippen LogP contribution < -0.4 is 5.32 Å². The molecule has 0 saturated carbocycles. The number of β-lactam (4-membered cyclic amide) rings is 1. The van der Waals surface area contributed by atoms with Gasteiger partial charge in [0.05, 0.1) is 0 Å². The first-order valence-corrected chi connectivity index (χ1v) is 7.70. The molecule has 3 atom stereocenters. The SMILES string of the molecule is CCCCCNC1(OC)C(=O)N2C=CC(C(=O)O)S[C@@H]21. The van der Waals surface area contributed by atoms with E-state index in [0.29, 0.717) is 6.54 Å². The Bertz CT molecular complexity index is 429. The number of thioether (sulfide) groups is 1. The van der Waals surface area contributed by atoms with E-state index in [1.54, 1.807) is 6.20 Å². The van der Waals surface area contributed by atoms with E-state index in [1.807, 2.05) is 0 Å². The fraction of sp³-hybridized carbons (Fsp3) is 0.692. The van der Waals surface area contributed by atoms with Crippen molar-refractivity contribution in [1.29, 1.82) is 0 Å². The first-order valence-electron chi connectivity index (χ1n) is 6.76. The number of fused-ring (bicyclic) bond motifs is 1. The lowest BCUT2D eigenvalue weighted by molar-refractivity contribution is -0.187. The van der Waals surface area contributed by atoms with Crippen LogP contribution in [0.3, 0.4) is 0 Å². The van der Waals surface area contributed by atoms with Crippen LogP contribution in [0.4, 0.5) is 0 Å². The minimum absolute atomic E-state index is 0.158. The number of methoxy groups -OCH3 is 1. The molecule has 0 bridgehead atoms. The Morgan fingerprint density at radius 2 is 2.35 bits per heavy atom. The van der Waals surface area contributed by atoms with E-state index in [0.717, 1.165) is 19.3 Å². The zero-order chi connectivity index (χ0) is 14.8. The van der Waals surface area contributed by atoms with Gasteiger partial charge in [-0.1, -0.05) is 19.8 Å². The second-order valence-corrected chi connectivity index (χ2v) is 6.10. The van der Waals surface area contributed by atoms with Crippen LogP contribution in [0.25, 0.3) is 0 Å². The van der Waals surface area contributed by atoms with E-state index in [9.17, 15) is 9.59 Å². The quantitative estimate of drug-likeness (QED) is 0.415. The summed E-state index contributed by atoms with van der Waals surface area (Å²) in [7, 11) is 1.48. The molecule has 6 nitrogen and oxygen atoms in total. The van der Waals surface area contributed by atoms with Crippen molar-refractivity contribution in [2.75, 3.05) is 13.7 Å². The Balaban J connectivity index is 2.05. The molecule has 20 heavy (non-hydrogen) atoms. The predicted molar refractivity (Wildman–Crippen MR) is 76.1 cm³/mol. The predicted octanol–water partition coefficient (Wildman–Crippen LogP) is 0.991. The number of rotatable bonds is 7. The number of aliphatic carboxylic acids is 1. The second-order valence-electron chi connectivity index (χ2n) is 4.87. The van der Waals surface area contributed by atoms with Gasteiger partial charge in [0.25, 0.3) is 5.91 Å². The zero-order valence-electron chi connectivity index (χ0n) is 11.7. The van der Waals surface area contributed by atoms with Crippen molar-refractivity contribution in [1.82, 2.24) is 10.2 Å². The molecular weight excluding hydrogens is 280 g/mol. The number of hydrogen-bond donors (Lipinski definition) is 2. The van der Waals surface area contributed by atoms with E-state index in [2.05, 4.69) is 12.2 Å². The average Bonchev–Trinajstić information content (AvgIpc) is 2.46. The maximum atomic E-state index is 12.2. The minimum atomic E-state index is -1.09. The van der Waals surface area contributed by atoms with Crippen LogP contribution in [0.1, 0.15) is 26.2 Å².